The van der Waals surface area contributed by atoms with E-state index in [9.17, 15) is 4.79 Å². The third kappa shape index (κ3) is 2.62. The van der Waals surface area contributed by atoms with Crippen LogP contribution < -0.4 is 0 Å². The molecule has 1 aromatic heterocycles. The van der Waals surface area contributed by atoms with Crippen molar-refractivity contribution in [1.82, 2.24) is 10.2 Å². The molecule has 0 bridgehead atoms. The van der Waals surface area contributed by atoms with E-state index < -0.39 is 5.97 Å². The first-order chi connectivity index (χ1) is 8.20. The van der Waals surface area contributed by atoms with Crippen LogP contribution in [0.3, 0.4) is 0 Å². The molecule has 88 valence electrons. The minimum atomic E-state index is -0.650. The standard InChI is InChI=1S/C11H9ClN2O3/c1-16-11(15)10-14-13-9(17-10)6-7-4-2-3-5-8(7)12/h2-5H,6H2,1H3. The molecule has 0 unspecified atom stereocenters. The van der Waals surface area contributed by atoms with Crippen LogP contribution in [0.4, 0.5) is 0 Å². The van der Waals surface area contributed by atoms with E-state index in [0.29, 0.717) is 17.3 Å². The Morgan fingerprint density at radius 1 is 1.41 bits per heavy atom. The maximum atomic E-state index is 11.1. The molecule has 0 radical (unpaired) electrons. The molecule has 17 heavy (non-hydrogen) atoms. The Balaban J connectivity index is 2.17. The Hall–Kier alpha value is -1.88. The number of hydrogen-bond donors (Lipinski definition) is 0. The molecule has 0 atom stereocenters. The van der Waals surface area contributed by atoms with Gasteiger partial charge in [0.05, 0.1) is 13.5 Å². The molecule has 2 rings (SSSR count). The van der Waals surface area contributed by atoms with Gasteiger partial charge in [0.15, 0.2) is 0 Å². The molecule has 0 aliphatic carbocycles. The number of aromatic nitrogens is 2. The summed E-state index contributed by atoms with van der Waals surface area (Å²) in [6, 6.07) is 7.32. The maximum Gasteiger partial charge on any atom is 0.396 e. The van der Waals surface area contributed by atoms with Gasteiger partial charge in [-0.05, 0) is 11.6 Å². The zero-order valence-electron chi connectivity index (χ0n) is 9.01. The van der Waals surface area contributed by atoms with Crippen molar-refractivity contribution in [3.63, 3.8) is 0 Å². The van der Waals surface area contributed by atoms with Gasteiger partial charge >= 0.3 is 11.9 Å². The largest absolute Gasteiger partial charge is 0.462 e. The smallest absolute Gasteiger partial charge is 0.396 e. The fraction of sp³-hybridized carbons (Fsp3) is 0.182. The zero-order chi connectivity index (χ0) is 12.3. The Morgan fingerprint density at radius 3 is 2.88 bits per heavy atom. The second-order valence-electron chi connectivity index (χ2n) is 3.26. The molecular formula is C11H9ClN2O3. The molecule has 0 spiro atoms. The van der Waals surface area contributed by atoms with Crippen molar-refractivity contribution in [2.75, 3.05) is 7.11 Å². The maximum absolute atomic E-state index is 11.1. The molecule has 0 saturated heterocycles. The second kappa shape index (κ2) is 4.97. The summed E-state index contributed by atoms with van der Waals surface area (Å²) in [5.74, 6) is -0.490. The second-order valence-corrected chi connectivity index (χ2v) is 3.67. The van der Waals surface area contributed by atoms with Gasteiger partial charge in [0.2, 0.25) is 5.89 Å². The molecule has 6 heteroatoms. The van der Waals surface area contributed by atoms with E-state index in [0.717, 1.165) is 5.56 Å². The number of hydrogen-bond acceptors (Lipinski definition) is 5. The van der Waals surface area contributed by atoms with E-state index in [-0.39, 0.29) is 5.89 Å². The fourth-order valence-electron chi connectivity index (χ4n) is 1.30. The van der Waals surface area contributed by atoms with Gasteiger partial charge in [0.1, 0.15) is 0 Å². The zero-order valence-corrected chi connectivity index (χ0v) is 9.77. The monoisotopic (exact) mass is 252 g/mol. The van der Waals surface area contributed by atoms with Crippen LogP contribution in [-0.2, 0) is 11.2 Å². The predicted octanol–water partition coefficient (Wildman–Crippen LogP) is 2.10. The summed E-state index contributed by atoms with van der Waals surface area (Å²) in [6.07, 6.45) is 0.379. The van der Waals surface area contributed by atoms with E-state index in [4.69, 9.17) is 16.0 Å². The van der Waals surface area contributed by atoms with E-state index in [1.807, 2.05) is 18.2 Å². The molecule has 0 saturated carbocycles. The first-order valence-electron chi connectivity index (χ1n) is 4.85. The quantitative estimate of drug-likeness (QED) is 0.783. The van der Waals surface area contributed by atoms with Crippen LogP contribution >= 0.6 is 11.6 Å². The molecule has 0 fully saturated rings. The van der Waals surface area contributed by atoms with Crippen LogP contribution in [0.15, 0.2) is 28.7 Å². The van der Waals surface area contributed by atoms with Crippen molar-refractivity contribution in [1.29, 1.82) is 0 Å². The van der Waals surface area contributed by atoms with Crippen LogP contribution in [0.1, 0.15) is 22.1 Å². The van der Waals surface area contributed by atoms with Crippen molar-refractivity contribution < 1.29 is 13.9 Å². The van der Waals surface area contributed by atoms with Crippen molar-refractivity contribution in [3.05, 3.63) is 46.6 Å². The van der Waals surface area contributed by atoms with Gasteiger partial charge in [-0.15, -0.1) is 10.2 Å². The fourth-order valence-corrected chi connectivity index (χ4v) is 1.50. The van der Waals surface area contributed by atoms with Crippen LogP contribution in [0, 0.1) is 0 Å². The lowest BCUT2D eigenvalue weighted by molar-refractivity contribution is 0.0554. The van der Waals surface area contributed by atoms with Crippen molar-refractivity contribution in [3.8, 4) is 0 Å². The number of benzene rings is 1. The Morgan fingerprint density at radius 2 is 2.18 bits per heavy atom. The highest BCUT2D eigenvalue weighted by Crippen LogP contribution is 2.18. The molecule has 5 nitrogen and oxygen atoms in total. The van der Waals surface area contributed by atoms with E-state index in [1.54, 1.807) is 6.07 Å². The van der Waals surface area contributed by atoms with E-state index >= 15 is 0 Å². The summed E-state index contributed by atoms with van der Waals surface area (Å²) in [6.45, 7) is 0. The van der Waals surface area contributed by atoms with Gasteiger partial charge in [-0.1, -0.05) is 29.8 Å². The summed E-state index contributed by atoms with van der Waals surface area (Å²) in [5.41, 5.74) is 0.856. The van der Waals surface area contributed by atoms with Crippen LogP contribution in [0.2, 0.25) is 5.02 Å². The lowest BCUT2D eigenvalue weighted by atomic mass is 10.1. The lowest BCUT2D eigenvalue weighted by Gasteiger charge is -1.99. The van der Waals surface area contributed by atoms with Gasteiger partial charge < -0.3 is 9.15 Å². The van der Waals surface area contributed by atoms with Gasteiger partial charge in [-0.2, -0.15) is 0 Å². The van der Waals surface area contributed by atoms with Crippen LogP contribution in [0.25, 0.3) is 0 Å². The highest BCUT2D eigenvalue weighted by molar-refractivity contribution is 6.31. The third-order valence-electron chi connectivity index (χ3n) is 2.13. The van der Waals surface area contributed by atoms with Gasteiger partial charge in [-0.3, -0.25) is 0 Å². The number of rotatable bonds is 3. The van der Waals surface area contributed by atoms with Crippen LogP contribution in [-0.4, -0.2) is 23.3 Å². The summed E-state index contributed by atoms with van der Waals surface area (Å²) in [7, 11) is 1.25. The minimum absolute atomic E-state index is 0.158. The highest BCUT2D eigenvalue weighted by Gasteiger charge is 2.15. The summed E-state index contributed by atoms with van der Waals surface area (Å²) in [5, 5.41) is 7.94. The number of carbonyl (C=O) groups excluding carboxylic acids is 1. The number of halogens is 1. The molecule has 1 aromatic carbocycles. The summed E-state index contributed by atoms with van der Waals surface area (Å²) >= 11 is 5.99. The van der Waals surface area contributed by atoms with Gasteiger partial charge in [-0.25, -0.2) is 4.79 Å². The molecule has 0 amide bonds. The predicted molar refractivity (Wildman–Crippen MR) is 59.9 cm³/mol. The summed E-state index contributed by atoms with van der Waals surface area (Å²) < 4.78 is 9.60. The number of methoxy groups -OCH3 is 1. The highest BCUT2D eigenvalue weighted by atomic mass is 35.5. The number of esters is 1. The van der Waals surface area contributed by atoms with Gasteiger partial charge in [0.25, 0.3) is 0 Å². The molecule has 0 aliphatic rings. The van der Waals surface area contributed by atoms with Crippen molar-refractivity contribution in [2.24, 2.45) is 0 Å². The normalized spacial score (nSPS) is 10.2. The number of ether oxygens (including phenoxy) is 1. The lowest BCUT2D eigenvalue weighted by Crippen LogP contribution is -2.00. The Labute approximate surface area is 102 Å². The molecular weight excluding hydrogens is 244 g/mol. The molecule has 0 N–H and O–H groups in total. The molecule has 0 aliphatic heterocycles. The Bertz CT molecular complexity index is 539. The number of nitrogens with zero attached hydrogens (tertiary/aromatic N) is 2. The van der Waals surface area contributed by atoms with E-state index in [2.05, 4.69) is 14.9 Å². The SMILES string of the molecule is COC(=O)c1nnc(Cc2ccccc2Cl)o1. The van der Waals surface area contributed by atoms with Crippen LogP contribution in [0.5, 0.6) is 0 Å². The van der Waals surface area contributed by atoms with E-state index in [1.165, 1.54) is 7.11 Å². The van der Waals surface area contributed by atoms with Crippen molar-refractivity contribution in [2.45, 2.75) is 6.42 Å². The number of carbonyl (C=O) groups is 1. The minimum Gasteiger partial charge on any atom is -0.462 e. The topological polar surface area (TPSA) is 65.2 Å². The summed E-state index contributed by atoms with van der Waals surface area (Å²) in [4.78, 5) is 11.1. The molecule has 2 aromatic rings. The molecule has 1 heterocycles. The first kappa shape index (κ1) is 11.6. The average Bonchev–Trinajstić information content (AvgIpc) is 2.80. The average molecular weight is 253 g/mol. The van der Waals surface area contributed by atoms with Crippen molar-refractivity contribution >= 4 is 17.6 Å². The Kier molecular flexibility index (Phi) is 3.39. The van der Waals surface area contributed by atoms with Gasteiger partial charge in [0, 0.05) is 5.02 Å². The first-order valence-corrected chi connectivity index (χ1v) is 5.22. The third-order valence-corrected chi connectivity index (χ3v) is 2.50.